The molecule has 1 aliphatic heterocycles. The molecular formula is C19H20F2N6O. The van der Waals surface area contributed by atoms with Crippen molar-refractivity contribution in [2.24, 2.45) is 5.92 Å². The van der Waals surface area contributed by atoms with Crippen LogP contribution in [0.5, 0.6) is 5.88 Å². The molecule has 0 spiro atoms. The van der Waals surface area contributed by atoms with Crippen LogP contribution >= 0.6 is 0 Å². The lowest BCUT2D eigenvalue weighted by atomic mass is 9.95. The predicted octanol–water partition coefficient (Wildman–Crippen LogP) is 2.75. The molecule has 146 valence electrons. The minimum Gasteiger partial charge on any atom is -0.481 e. The molecule has 4 heterocycles. The molecule has 1 aliphatic rings. The highest BCUT2D eigenvalue weighted by Crippen LogP contribution is 2.31. The van der Waals surface area contributed by atoms with Gasteiger partial charge in [-0.25, -0.2) is 23.7 Å². The van der Waals surface area contributed by atoms with Gasteiger partial charge >= 0.3 is 0 Å². The Bertz CT molecular complexity index is 966. The zero-order valence-electron chi connectivity index (χ0n) is 15.3. The molecule has 0 radical (unpaired) electrons. The molecule has 3 aromatic rings. The number of nitrogens with one attached hydrogen (secondary N) is 2. The summed E-state index contributed by atoms with van der Waals surface area (Å²) in [5.74, 6) is -2.61. The maximum Gasteiger partial charge on any atom is 0.255 e. The highest BCUT2D eigenvalue weighted by molar-refractivity contribution is 5.88. The highest BCUT2D eigenvalue weighted by Gasteiger charge is 2.41. The molecule has 9 heteroatoms. The van der Waals surface area contributed by atoms with Gasteiger partial charge < -0.3 is 15.4 Å². The van der Waals surface area contributed by atoms with Crippen molar-refractivity contribution in [3.63, 3.8) is 0 Å². The summed E-state index contributed by atoms with van der Waals surface area (Å²) < 4.78 is 33.4. The predicted molar refractivity (Wildman–Crippen MR) is 102 cm³/mol. The van der Waals surface area contributed by atoms with E-state index in [9.17, 15) is 8.78 Å². The van der Waals surface area contributed by atoms with E-state index in [2.05, 4.69) is 30.6 Å². The van der Waals surface area contributed by atoms with Crippen molar-refractivity contribution in [1.82, 2.24) is 25.3 Å². The van der Waals surface area contributed by atoms with Crippen LogP contribution in [0.15, 0.2) is 36.8 Å². The average Bonchev–Trinajstić information content (AvgIpc) is 2.72. The third-order valence-corrected chi connectivity index (χ3v) is 4.84. The first-order valence-electron chi connectivity index (χ1n) is 9.01. The Kier molecular flexibility index (Phi) is 4.99. The van der Waals surface area contributed by atoms with Crippen LogP contribution in [0.4, 0.5) is 14.6 Å². The van der Waals surface area contributed by atoms with Gasteiger partial charge in [0, 0.05) is 56.3 Å². The number of halogens is 2. The summed E-state index contributed by atoms with van der Waals surface area (Å²) in [7, 11) is 1.55. The van der Waals surface area contributed by atoms with E-state index < -0.39 is 11.8 Å². The molecule has 0 bridgehead atoms. The monoisotopic (exact) mass is 386 g/mol. The van der Waals surface area contributed by atoms with Gasteiger partial charge in [0.2, 0.25) is 5.88 Å². The number of methoxy groups -OCH3 is 1. The largest absolute Gasteiger partial charge is 0.481 e. The Balaban J connectivity index is 1.66. The van der Waals surface area contributed by atoms with Gasteiger partial charge in [-0.15, -0.1) is 0 Å². The zero-order valence-corrected chi connectivity index (χ0v) is 15.3. The number of nitrogens with zero attached hydrogens (tertiary/aromatic N) is 4. The number of ether oxygens (including phenoxy) is 1. The summed E-state index contributed by atoms with van der Waals surface area (Å²) in [6.07, 6.45) is 4.62. The first-order chi connectivity index (χ1) is 13.6. The molecule has 0 saturated carbocycles. The van der Waals surface area contributed by atoms with Crippen LogP contribution in [0.3, 0.4) is 0 Å². The maximum atomic E-state index is 14.2. The summed E-state index contributed by atoms with van der Waals surface area (Å²) in [5, 5.41) is 6.09. The molecule has 4 rings (SSSR count). The summed E-state index contributed by atoms with van der Waals surface area (Å²) in [6.45, 7) is 0.671. The lowest BCUT2D eigenvalue weighted by molar-refractivity contribution is -0.0728. The number of hydrogen-bond acceptors (Lipinski definition) is 7. The van der Waals surface area contributed by atoms with Crippen LogP contribution in [0.1, 0.15) is 6.42 Å². The second kappa shape index (κ2) is 7.59. The quantitative estimate of drug-likeness (QED) is 0.697. The van der Waals surface area contributed by atoms with Gasteiger partial charge in [0.1, 0.15) is 5.52 Å². The van der Waals surface area contributed by atoms with Crippen LogP contribution in [0, 0.1) is 5.92 Å². The van der Waals surface area contributed by atoms with Gasteiger partial charge in [-0.3, -0.25) is 4.98 Å². The minimum atomic E-state index is -2.71. The number of aromatic nitrogens is 4. The fourth-order valence-corrected chi connectivity index (χ4v) is 3.22. The Morgan fingerprint density at radius 3 is 2.86 bits per heavy atom. The number of piperidine rings is 1. The molecule has 1 atom stereocenters. The molecular weight excluding hydrogens is 366 g/mol. The third-order valence-electron chi connectivity index (χ3n) is 4.84. The summed E-state index contributed by atoms with van der Waals surface area (Å²) >= 11 is 0. The van der Waals surface area contributed by atoms with E-state index in [1.54, 1.807) is 37.8 Å². The van der Waals surface area contributed by atoms with E-state index in [-0.39, 0.29) is 19.5 Å². The number of rotatable bonds is 5. The fraction of sp³-hybridized carbons (Fsp3) is 0.368. The number of alkyl halides is 2. The van der Waals surface area contributed by atoms with Gasteiger partial charge in [0.25, 0.3) is 5.92 Å². The number of pyridine rings is 2. The molecule has 28 heavy (non-hydrogen) atoms. The van der Waals surface area contributed by atoms with E-state index in [0.717, 1.165) is 5.56 Å². The van der Waals surface area contributed by atoms with Crippen molar-refractivity contribution in [3.8, 4) is 17.1 Å². The Hall–Kier alpha value is -2.94. The summed E-state index contributed by atoms with van der Waals surface area (Å²) in [5.41, 5.74) is 2.56. The molecule has 2 N–H and O–H groups in total. The Labute approximate surface area is 160 Å². The molecule has 1 unspecified atom stereocenters. The summed E-state index contributed by atoms with van der Waals surface area (Å²) in [4.78, 5) is 17.4. The van der Waals surface area contributed by atoms with E-state index >= 15 is 0 Å². The van der Waals surface area contributed by atoms with E-state index in [4.69, 9.17) is 4.74 Å². The first kappa shape index (κ1) is 18.4. The van der Waals surface area contributed by atoms with Gasteiger partial charge in [0.05, 0.1) is 24.2 Å². The van der Waals surface area contributed by atoms with E-state index in [1.807, 2.05) is 6.07 Å². The second-order valence-electron chi connectivity index (χ2n) is 6.66. The SMILES string of the molecule is COc1ccc(-c2cc3nccnc3c(NCC3CNCCC3(F)F)n2)cn1. The third kappa shape index (κ3) is 3.70. The van der Waals surface area contributed by atoms with Gasteiger partial charge in [-0.2, -0.15) is 0 Å². The molecule has 0 amide bonds. The van der Waals surface area contributed by atoms with Gasteiger partial charge in [-0.05, 0) is 12.1 Å². The van der Waals surface area contributed by atoms with Crippen LogP contribution < -0.4 is 15.4 Å². The summed E-state index contributed by atoms with van der Waals surface area (Å²) in [6, 6.07) is 5.37. The van der Waals surface area contributed by atoms with Crippen molar-refractivity contribution in [2.75, 3.05) is 32.1 Å². The van der Waals surface area contributed by atoms with Crippen molar-refractivity contribution >= 4 is 16.9 Å². The fourth-order valence-electron chi connectivity index (χ4n) is 3.22. The lowest BCUT2D eigenvalue weighted by Crippen LogP contribution is -2.47. The molecule has 0 aromatic carbocycles. The Morgan fingerprint density at radius 2 is 2.11 bits per heavy atom. The minimum absolute atomic E-state index is 0.0863. The van der Waals surface area contributed by atoms with Crippen molar-refractivity contribution in [2.45, 2.75) is 12.3 Å². The normalized spacial score (nSPS) is 18.8. The zero-order chi connectivity index (χ0) is 19.6. The van der Waals surface area contributed by atoms with Crippen molar-refractivity contribution < 1.29 is 13.5 Å². The Morgan fingerprint density at radius 1 is 1.25 bits per heavy atom. The van der Waals surface area contributed by atoms with Crippen LogP contribution in [0.25, 0.3) is 22.3 Å². The molecule has 1 saturated heterocycles. The topological polar surface area (TPSA) is 84.9 Å². The highest BCUT2D eigenvalue weighted by atomic mass is 19.3. The second-order valence-corrected chi connectivity index (χ2v) is 6.66. The van der Waals surface area contributed by atoms with E-state index in [1.165, 1.54) is 0 Å². The van der Waals surface area contributed by atoms with Crippen molar-refractivity contribution in [1.29, 1.82) is 0 Å². The van der Waals surface area contributed by atoms with Gasteiger partial charge in [-0.1, -0.05) is 0 Å². The standard InChI is InChI=1S/C19H20F2N6O/c1-28-16-3-2-12(9-25-16)14-8-15-17(24-7-6-23-15)18(27-14)26-11-13-10-22-5-4-19(13,20)21/h2-3,6-9,13,22H,4-5,10-11H2,1H3,(H,26,27). The average molecular weight is 386 g/mol. The van der Waals surface area contributed by atoms with Gasteiger partial charge in [0.15, 0.2) is 5.82 Å². The van der Waals surface area contributed by atoms with Crippen LogP contribution in [-0.2, 0) is 0 Å². The number of anilines is 1. The first-order valence-corrected chi connectivity index (χ1v) is 9.01. The molecule has 3 aromatic heterocycles. The number of fused-ring (bicyclic) bond motifs is 1. The van der Waals surface area contributed by atoms with E-state index in [0.29, 0.717) is 35.0 Å². The number of hydrogen-bond donors (Lipinski definition) is 2. The maximum absolute atomic E-state index is 14.2. The lowest BCUT2D eigenvalue weighted by Gasteiger charge is -2.32. The smallest absolute Gasteiger partial charge is 0.255 e. The van der Waals surface area contributed by atoms with Crippen LogP contribution in [0.2, 0.25) is 0 Å². The van der Waals surface area contributed by atoms with Crippen molar-refractivity contribution in [3.05, 3.63) is 36.8 Å². The molecule has 0 aliphatic carbocycles. The van der Waals surface area contributed by atoms with Crippen LogP contribution in [-0.4, -0.2) is 52.6 Å². The molecule has 1 fully saturated rings. The molecule has 7 nitrogen and oxygen atoms in total.